The number of hydrogen-bond donors (Lipinski definition) is 0. The molecule has 2 aliphatic heterocycles. The van der Waals surface area contributed by atoms with E-state index < -0.39 is 15.8 Å². The van der Waals surface area contributed by atoms with E-state index in [-0.39, 0.29) is 28.5 Å². The van der Waals surface area contributed by atoms with Crippen LogP contribution in [0.3, 0.4) is 0 Å². The predicted molar refractivity (Wildman–Crippen MR) is 81.0 cm³/mol. The second kappa shape index (κ2) is 5.76. The van der Waals surface area contributed by atoms with Gasteiger partial charge in [0.15, 0.2) is 11.6 Å². The van der Waals surface area contributed by atoms with Crippen molar-refractivity contribution in [3.05, 3.63) is 24.0 Å². The molecule has 0 saturated carbocycles. The molecule has 2 saturated heterocycles. The van der Waals surface area contributed by atoms with Gasteiger partial charge in [0.1, 0.15) is 0 Å². The average Bonchev–Trinajstić information content (AvgIpc) is 2.82. The number of halogens is 1. The summed E-state index contributed by atoms with van der Waals surface area (Å²) in [6.07, 6.45) is 1.34. The minimum absolute atomic E-state index is 0.00779. The lowest BCUT2D eigenvalue weighted by atomic mass is 9.93. The van der Waals surface area contributed by atoms with E-state index in [0.29, 0.717) is 25.9 Å². The van der Waals surface area contributed by atoms with Crippen LogP contribution >= 0.6 is 0 Å². The fourth-order valence-corrected chi connectivity index (χ4v) is 5.13. The minimum Gasteiger partial charge on any atom is -0.494 e. The van der Waals surface area contributed by atoms with E-state index in [9.17, 15) is 17.6 Å². The molecule has 2 atom stereocenters. The normalized spacial score (nSPS) is 25.5. The van der Waals surface area contributed by atoms with Crippen LogP contribution in [0, 0.1) is 11.7 Å². The summed E-state index contributed by atoms with van der Waals surface area (Å²) < 4.78 is 45.7. The van der Waals surface area contributed by atoms with Crippen LogP contribution in [0.15, 0.2) is 23.1 Å². The standard InChI is InChI=1S/C15H19FN2O4S/c1-17-9-13-11(15(17)19)4-3-7-18(13)23(20,21)10-5-6-12(16)14(8-10)22-2/h5-6,8,11,13H,3-4,7,9H2,1-2H3/t11-,13-/m1/s1. The number of likely N-dealkylation sites (tertiary alicyclic amines) is 1. The zero-order valence-corrected chi connectivity index (χ0v) is 13.8. The van der Waals surface area contributed by atoms with E-state index in [0.717, 1.165) is 6.07 Å². The molecule has 2 heterocycles. The fourth-order valence-electron chi connectivity index (χ4n) is 3.42. The van der Waals surface area contributed by atoms with Gasteiger partial charge < -0.3 is 9.64 Å². The molecule has 2 aliphatic rings. The number of carbonyl (C=O) groups excluding carboxylic acids is 1. The van der Waals surface area contributed by atoms with Crippen molar-refractivity contribution in [2.45, 2.75) is 23.8 Å². The van der Waals surface area contributed by atoms with Gasteiger partial charge >= 0.3 is 0 Å². The molecule has 126 valence electrons. The van der Waals surface area contributed by atoms with Crippen LogP contribution in [-0.2, 0) is 14.8 Å². The Morgan fingerprint density at radius 1 is 1.35 bits per heavy atom. The Morgan fingerprint density at radius 2 is 2.09 bits per heavy atom. The summed E-state index contributed by atoms with van der Waals surface area (Å²) in [4.78, 5) is 13.7. The summed E-state index contributed by atoms with van der Waals surface area (Å²) in [5.41, 5.74) is 0. The molecular formula is C15H19FN2O4S. The number of ether oxygens (including phenoxy) is 1. The third-order valence-corrected chi connectivity index (χ3v) is 6.53. The molecule has 2 fully saturated rings. The predicted octanol–water partition coefficient (Wildman–Crippen LogP) is 1.08. The number of methoxy groups -OCH3 is 1. The molecule has 23 heavy (non-hydrogen) atoms. The van der Waals surface area contributed by atoms with Gasteiger partial charge in [-0.15, -0.1) is 0 Å². The molecule has 0 aromatic heterocycles. The fraction of sp³-hybridized carbons (Fsp3) is 0.533. The van der Waals surface area contributed by atoms with Gasteiger partial charge in [0.2, 0.25) is 15.9 Å². The summed E-state index contributed by atoms with van der Waals surface area (Å²) in [5.74, 6) is -1.02. The van der Waals surface area contributed by atoms with E-state index in [2.05, 4.69) is 0 Å². The van der Waals surface area contributed by atoms with Crippen molar-refractivity contribution in [3.8, 4) is 5.75 Å². The van der Waals surface area contributed by atoms with Crippen LogP contribution in [0.4, 0.5) is 4.39 Å². The number of benzene rings is 1. The summed E-state index contributed by atoms with van der Waals surface area (Å²) in [6, 6.07) is 3.15. The van der Waals surface area contributed by atoms with Gasteiger partial charge in [-0.05, 0) is 25.0 Å². The molecule has 0 aliphatic carbocycles. The van der Waals surface area contributed by atoms with Crippen LogP contribution in [0.2, 0.25) is 0 Å². The minimum atomic E-state index is -3.80. The van der Waals surface area contributed by atoms with Gasteiger partial charge in [-0.2, -0.15) is 4.31 Å². The Bertz CT molecular complexity index is 737. The number of carbonyl (C=O) groups is 1. The van der Waals surface area contributed by atoms with Gasteiger partial charge in [0.25, 0.3) is 0 Å². The molecule has 0 spiro atoms. The number of nitrogens with zero attached hydrogens (tertiary/aromatic N) is 2. The maximum absolute atomic E-state index is 13.5. The van der Waals surface area contributed by atoms with Crippen molar-refractivity contribution in [1.29, 1.82) is 0 Å². The third kappa shape index (κ3) is 2.59. The van der Waals surface area contributed by atoms with Gasteiger partial charge in [0.05, 0.1) is 24.0 Å². The summed E-state index contributed by atoms with van der Waals surface area (Å²) in [6.45, 7) is 0.755. The Hall–Kier alpha value is -1.67. The zero-order valence-electron chi connectivity index (χ0n) is 13.0. The zero-order chi connectivity index (χ0) is 16.8. The molecule has 3 rings (SSSR count). The molecule has 1 amide bonds. The van der Waals surface area contributed by atoms with Gasteiger partial charge in [0, 0.05) is 26.2 Å². The molecule has 6 nitrogen and oxygen atoms in total. The Balaban J connectivity index is 1.97. The highest BCUT2D eigenvalue weighted by Gasteiger charge is 2.47. The Labute approximate surface area is 134 Å². The number of rotatable bonds is 3. The van der Waals surface area contributed by atoms with Crippen molar-refractivity contribution in [3.63, 3.8) is 0 Å². The van der Waals surface area contributed by atoms with Gasteiger partial charge in [-0.1, -0.05) is 0 Å². The second-order valence-corrected chi connectivity index (χ2v) is 7.84. The largest absolute Gasteiger partial charge is 0.494 e. The van der Waals surface area contributed by atoms with Crippen LogP contribution in [0.1, 0.15) is 12.8 Å². The van der Waals surface area contributed by atoms with Crippen molar-refractivity contribution < 1.29 is 22.3 Å². The number of amides is 1. The average molecular weight is 342 g/mol. The molecule has 0 radical (unpaired) electrons. The molecule has 0 bridgehead atoms. The maximum atomic E-state index is 13.5. The van der Waals surface area contributed by atoms with Crippen molar-refractivity contribution in [1.82, 2.24) is 9.21 Å². The number of sulfonamides is 1. The SMILES string of the molecule is COc1cc(S(=O)(=O)N2CCC[C@H]3C(=O)N(C)C[C@H]32)ccc1F. The highest BCUT2D eigenvalue weighted by atomic mass is 32.2. The lowest BCUT2D eigenvalue weighted by molar-refractivity contribution is -0.130. The quantitative estimate of drug-likeness (QED) is 0.824. The number of hydrogen-bond acceptors (Lipinski definition) is 4. The van der Waals surface area contributed by atoms with Crippen molar-refractivity contribution in [2.75, 3.05) is 27.2 Å². The summed E-state index contributed by atoms with van der Waals surface area (Å²) in [7, 11) is -0.830. The Kier molecular flexibility index (Phi) is 4.05. The van der Waals surface area contributed by atoms with Crippen LogP contribution in [0.5, 0.6) is 5.75 Å². The van der Waals surface area contributed by atoms with E-state index in [1.165, 1.54) is 23.5 Å². The number of likely N-dealkylation sites (N-methyl/N-ethyl adjacent to an activating group) is 1. The van der Waals surface area contributed by atoms with E-state index >= 15 is 0 Å². The van der Waals surface area contributed by atoms with Gasteiger partial charge in [-0.3, -0.25) is 4.79 Å². The number of fused-ring (bicyclic) bond motifs is 1. The first kappa shape index (κ1) is 16.2. The lowest BCUT2D eigenvalue weighted by Gasteiger charge is -2.34. The van der Waals surface area contributed by atoms with E-state index in [1.54, 1.807) is 11.9 Å². The first-order valence-electron chi connectivity index (χ1n) is 7.46. The van der Waals surface area contributed by atoms with E-state index in [4.69, 9.17) is 4.74 Å². The third-order valence-electron chi connectivity index (χ3n) is 4.61. The first-order valence-corrected chi connectivity index (χ1v) is 8.90. The second-order valence-electron chi connectivity index (χ2n) is 5.95. The maximum Gasteiger partial charge on any atom is 0.243 e. The molecule has 1 aromatic rings. The lowest BCUT2D eigenvalue weighted by Crippen LogP contribution is -2.48. The molecule has 8 heteroatoms. The Morgan fingerprint density at radius 3 is 2.78 bits per heavy atom. The van der Waals surface area contributed by atoms with E-state index in [1.807, 2.05) is 0 Å². The highest BCUT2D eigenvalue weighted by Crippen LogP contribution is 2.35. The molecule has 0 unspecified atom stereocenters. The van der Waals surface area contributed by atoms with Crippen LogP contribution < -0.4 is 4.74 Å². The molecule has 0 N–H and O–H groups in total. The highest BCUT2D eigenvalue weighted by molar-refractivity contribution is 7.89. The van der Waals surface area contributed by atoms with Crippen LogP contribution in [-0.4, -0.2) is 56.8 Å². The summed E-state index contributed by atoms with van der Waals surface area (Å²) in [5, 5.41) is 0. The molecular weight excluding hydrogens is 323 g/mol. The summed E-state index contributed by atoms with van der Waals surface area (Å²) >= 11 is 0. The monoisotopic (exact) mass is 342 g/mol. The first-order chi connectivity index (χ1) is 10.9. The molecule has 1 aromatic carbocycles. The smallest absolute Gasteiger partial charge is 0.243 e. The van der Waals surface area contributed by atoms with Crippen molar-refractivity contribution in [2.24, 2.45) is 5.92 Å². The van der Waals surface area contributed by atoms with Crippen LogP contribution in [0.25, 0.3) is 0 Å². The van der Waals surface area contributed by atoms with Crippen molar-refractivity contribution >= 4 is 15.9 Å². The van der Waals surface area contributed by atoms with Gasteiger partial charge in [-0.25, -0.2) is 12.8 Å². The number of piperidine rings is 1. The topological polar surface area (TPSA) is 66.9 Å².